The second-order valence-corrected chi connectivity index (χ2v) is 8.45. The van der Waals surface area contributed by atoms with Crippen molar-refractivity contribution in [1.82, 2.24) is 0 Å². The van der Waals surface area contributed by atoms with Gasteiger partial charge in [0.1, 0.15) is 5.75 Å². The molecule has 118 valence electrons. The summed E-state index contributed by atoms with van der Waals surface area (Å²) in [4.78, 5) is 11.9. The standard InChI is InChI=1S/C17H15NO3S2/c18-17(19)11-23(20,21)10-13-6-1-3-7-14(13)16-9-12-5-2-4-8-15(12)22-16/h1-9H,10-11H2,(H2,18,19). The molecule has 4 nitrogen and oxygen atoms in total. The molecule has 0 fully saturated rings. The van der Waals surface area contributed by atoms with E-state index in [1.807, 2.05) is 36.4 Å². The first kappa shape index (κ1) is 15.7. The number of carbonyl (C=O) groups excluding carboxylic acids is 1. The Hall–Kier alpha value is -2.18. The van der Waals surface area contributed by atoms with Crippen molar-refractivity contribution >= 4 is 37.2 Å². The van der Waals surface area contributed by atoms with Crippen LogP contribution in [0, 0.1) is 0 Å². The van der Waals surface area contributed by atoms with Gasteiger partial charge in [-0.15, -0.1) is 11.3 Å². The van der Waals surface area contributed by atoms with Crippen LogP contribution in [0.15, 0.2) is 54.6 Å². The highest BCUT2D eigenvalue weighted by Gasteiger charge is 2.18. The molecule has 0 radical (unpaired) electrons. The van der Waals surface area contributed by atoms with E-state index < -0.39 is 21.5 Å². The number of benzene rings is 2. The van der Waals surface area contributed by atoms with Gasteiger partial charge in [0.25, 0.3) is 0 Å². The Balaban J connectivity index is 2.02. The average Bonchev–Trinajstić information content (AvgIpc) is 2.89. The predicted octanol–water partition coefficient (Wildman–Crippen LogP) is 2.97. The van der Waals surface area contributed by atoms with Gasteiger partial charge in [0, 0.05) is 9.58 Å². The van der Waals surface area contributed by atoms with Gasteiger partial charge in [-0.3, -0.25) is 4.79 Å². The molecule has 2 aromatic carbocycles. The molecule has 0 saturated heterocycles. The van der Waals surface area contributed by atoms with Gasteiger partial charge in [0.05, 0.1) is 5.75 Å². The number of rotatable bonds is 5. The van der Waals surface area contributed by atoms with Crippen molar-refractivity contribution in [2.24, 2.45) is 5.73 Å². The second-order valence-electron chi connectivity index (χ2n) is 5.30. The van der Waals surface area contributed by atoms with E-state index in [1.165, 1.54) is 0 Å². The second kappa shape index (κ2) is 6.14. The number of sulfone groups is 1. The Bertz CT molecular complexity index is 941. The normalized spacial score (nSPS) is 11.7. The van der Waals surface area contributed by atoms with Gasteiger partial charge in [-0.05, 0) is 28.6 Å². The molecule has 23 heavy (non-hydrogen) atoms. The lowest BCUT2D eigenvalue weighted by Crippen LogP contribution is -2.24. The zero-order valence-electron chi connectivity index (χ0n) is 12.2. The fourth-order valence-corrected chi connectivity index (χ4v) is 4.89. The van der Waals surface area contributed by atoms with E-state index in [2.05, 4.69) is 6.07 Å². The molecule has 6 heteroatoms. The van der Waals surface area contributed by atoms with E-state index in [1.54, 1.807) is 23.5 Å². The topological polar surface area (TPSA) is 77.2 Å². The number of amides is 1. The highest BCUT2D eigenvalue weighted by atomic mass is 32.2. The van der Waals surface area contributed by atoms with Gasteiger partial charge in [0.2, 0.25) is 5.91 Å². The molecule has 0 unspecified atom stereocenters. The maximum atomic E-state index is 12.1. The Labute approximate surface area is 138 Å². The lowest BCUT2D eigenvalue weighted by atomic mass is 10.1. The summed E-state index contributed by atoms with van der Waals surface area (Å²) in [5.41, 5.74) is 6.57. The van der Waals surface area contributed by atoms with Crippen molar-refractivity contribution in [3.63, 3.8) is 0 Å². The fraction of sp³-hybridized carbons (Fsp3) is 0.118. The van der Waals surface area contributed by atoms with Crippen molar-refractivity contribution in [3.8, 4) is 10.4 Å². The maximum Gasteiger partial charge on any atom is 0.232 e. The molecule has 1 heterocycles. The van der Waals surface area contributed by atoms with E-state index in [0.717, 1.165) is 20.5 Å². The lowest BCUT2D eigenvalue weighted by Gasteiger charge is -2.08. The molecular weight excluding hydrogens is 330 g/mol. The number of nitrogens with two attached hydrogens (primary N) is 1. The quantitative estimate of drug-likeness (QED) is 0.772. The molecule has 3 rings (SSSR count). The number of hydrogen-bond donors (Lipinski definition) is 1. The summed E-state index contributed by atoms with van der Waals surface area (Å²) in [5, 5.41) is 1.13. The third-order valence-electron chi connectivity index (χ3n) is 3.45. The van der Waals surface area contributed by atoms with Crippen LogP contribution in [0.2, 0.25) is 0 Å². The SMILES string of the molecule is NC(=O)CS(=O)(=O)Cc1ccccc1-c1cc2ccccc2s1. The summed E-state index contributed by atoms with van der Waals surface area (Å²) in [6.07, 6.45) is 0. The number of hydrogen-bond acceptors (Lipinski definition) is 4. The molecule has 2 N–H and O–H groups in total. The van der Waals surface area contributed by atoms with Crippen molar-refractivity contribution in [3.05, 3.63) is 60.2 Å². The number of thiophene rings is 1. The molecule has 0 spiro atoms. The molecular formula is C17H15NO3S2. The van der Waals surface area contributed by atoms with E-state index in [4.69, 9.17) is 5.73 Å². The minimum Gasteiger partial charge on any atom is -0.369 e. The fourth-order valence-electron chi connectivity index (χ4n) is 2.51. The molecule has 1 aromatic heterocycles. The summed E-state index contributed by atoms with van der Waals surface area (Å²) in [6.45, 7) is 0. The zero-order chi connectivity index (χ0) is 16.4. The Kier molecular flexibility index (Phi) is 4.19. The van der Waals surface area contributed by atoms with Gasteiger partial charge in [0.15, 0.2) is 9.84 Å². The molecule has 3 aromatic rings. The van der Waals surface area contributed by atoms with E-state index >= 15 is 0 Å². The van der Waals surface area contributed by atoms with E-state index in [-0.39, 0.29) is 5.75 Å². The van der Waals surface area contributed by atoms with Crippen molar-refractivity contribution in [2.75, 3.05) is 5.75 Å². The van der Waals surface area contributed by atoms with Gasteiger partial charge in [-0.25, -0.2) is 8.42 Å². The van der Waals surface area contributed by atoms with Gasteiger partial charge in [-0.2, -0.15) is 0 Å². The maximum absolute atomic E-state index is 12.1. The molecule has 0 saturated carbocycles. The first-order valence-electron chi connectivity index (χ1n) is 7.00. The van der Waals surface area contributed by atoms with Crippen molar-refractivity contribution in [1.29, 1.82) is 0 Å². The number of carbonyl (C=O) groups is 1. The molecule has 0 aliphatic rings. The molecule has 0 atom stereocenters. The Morgan fingerprint density at radius 3 is 2.48 bits per heavy atom. The predicted molar refractivity (Wildman–Crippen MR) is 93.9 cm³/mol. The van der Waals surface area contributed by atoms with Gasteiger partial charge < -0.3 is 5.73 Å². The van der Waals surface area contributed by atoms with Crippen LogP contribution in [0.25, 0.3) is 20.5 Å². The largest absolute Gasteiger partial charge is 0.369 e. The Morgan fingerprint density at radius 1 is 1.04 bits per heavy atom. The highest BCUT2D eigenvalue weighted by molar-refractivity contribution is 7.91. The summed E-state index contributed by atoms with van der Waals surface area (Å²) >= 11 is 1.62. The van der Waals surface area contributed by atoms with Crippen LogP contribution in [0.5, 0.6) is 0 Å². The van der Waals surface area contributed by atoms with Gasteiger partial charge >= 0.3 is 0 Å². The molecule has 1 amide bonds. The minimum atomic E-state index is -3.56. The zero-order valence-corrected chi connectivity index (χ0v) is 13.9. The number of primary amides is 1. The van der Waals surface area contributed by atoms with Gasteiger partial charge in [-0.1, -0.05) is 42.5 Å². The van der Waals surface area contributed by atoms with E-state index in [0.29, 0.717) is 5.56 Å². The van der Waals surface area contributed by atoms with Crippen LogP contribution in [0.1, 0.15) is 5.56 Å². The monoisotopic (exact) mass is 345 g/mol. The number of fused-ring (bicyclic) bond motifs is 1. The molecule has 0 aliphatic carbocycles. The highest BCUT2D eigenvalue weighted by Crippen LogP contribution is 2.35. The third-order valence-corrected chi connectivity index (χ3v) is 6.07. The van der Waals surface area contributed by atoms with Crippen molar-refractivity contribution < 1.29 is 13.2 Å². The van der Waals surface area contributed by atoms with E-state index in [9.17, 15) is 13.2 Å². The first-order valence-corrected chi connectivity index (χ1v) is 9.64. The first-order chi connectivity index (χ1) is 10.9. The summed E-state index contributed by atoms with van der Waals surface area (Å²) in [7, 11) is -3.56. The van der Waals surface area contributed by atoms with Crippen LogP contribution in [0.4, 0.5) is 0 Å². The smallest absolute Gasteiger partial charge is 0.232 e. The van der Waals surface area contributed by atoms with Crippen LogP contribution in [-0.4, -0.2) is 20.1 Å². The average molecular weight is 345 g/mol. The Morgan fingerprint density at radius 2 is 1.74 bits per heavy atom. The minimum absolute atomic E-state index is 0.194. The van der Waals surface area contributed by atoms with Crippen LogP contribution < -0.4 is 5.73 Å². The molecule has 0 bridgehead atoms. The molecule has 0 aliphatic heterocycles. The summed E-state index contributed by atoms with van der Waals surface area (Å²) in [5.74, 6) is -1.65. The van der Waals surface area contributed by atoms with Crippen LogP contribution in [-0.2, 0) is 20.4 Å². The third kappa shape index (κ3) is 3.60. The van der Waals surface area contributed by atoms with Crippen molar-refractivity contribution in [2.45, 2.75) is 5.75 Å². The van der Waals surface area contributed by atoms with Crippen LogP contribution >= 0.6 is 11.3 Å². The summed E-state index contributed by atoms with van der Waals surface area (Å²) < 4.78 is 25.3. The van der Waals surface area contributed by atoms with Crippen LogP contribution in [0.3, 0.4) is 0 Å². The lowest BCUT2D eigenvalue weighted by molar-refractivity contribution is -0.115. The summed E-state index contributed by atoms with van der Waals surface area (Å²) in [6, 6.07) is 17.4.